The monoisotopic (exact) mass is 349 g/mol. The Labute approximate surface area is 142 Å². The molecular formula is C17H23N3O3S. The molecule has 0 unspecified atom stereocenters. The second kappa shape index (κ2) is 6.94. The molecule has 4 N–H and O–H groups in total. The Morgan fingerprint density at radius 1 is 1.12 bits per heavy atom. The van der Waals surface area contributed by atoms with E-state index in [-0.39, 0.29) is 0 Å². The number of sulfonamides is 1. The number of hydrogen-bond acceptors (Lipinski definition) is 4. The molecule has 0 bridgehead atoms. The summed E-state index contributed by atoms with van der Waals surface area (Å²) in [6, 6.07) is 1.56. The molecule has 2 amide bonds. The maximum atomic E-state index is 12.2. The van der Waals surface area contributed by atoms with Gasteiger partial charge in [0.05, 0.1) is 0 Å². The van der Waals surface area contributed by atoms with Crippen LogP contribution in [0.1, 0.15) is 41.5 Å². The molecule has 0 aliphatic heterocycles. The predicted molar refractivity (Wildman–Crippen MR) is 94.4 cm³/mol. The highest BCUT2D eigenvalue weighted by Crippen LogP contribution is 2.38. The molecule has 0 aromatic heterocycles. The van der Waals surface area contributed by atoms with Crippen molar-refractivity contribution in [1.29, 1.82) is 0 Å². The van der Waals surface area contributed by atoms with Gasteiger partial charge in [0.15, 0.2) is 0 Å². The number of rotatable bonds is 5. The van der Waals surface area contributed by atoms with Crippen LogP contribution in [0.2, 0.25) is 0 Å². The molecule has 1 aromatic rings. The second-order valence-electron chi connectivity index (χ2n) is 6.28. The van der Waals surface area contributed by atoms with Crippen LogP contribution in [0, 0.1) is 0 Å². The minimum Gasteiger partial charge on any atom is -0.330 e. The summed E-state index contributed by atoms with van der Waals surface area (Å²) in [5.41, 5.74) is 11.1. The number of anilines is 1. The van der Waals surface area contributed by atoms with E-state index in [1.807, 2.05) is 4.72 Å². The smallest absolute Gasteiger partial charge is 0.330 e. The van der Waals surface area contributed by atoms with Gasteiger partial charge < -0.3 is 11.1 Å². The zero-order valence-electron chi connectivity index (χ0n) is 13.6. The first kappa shape index (κ1) is 17.0. The molecule has 130 valence electrons. The lowest BCUT2D eigenvalue weighted by Crippen LogP contribution is -2.33. The lowest BCUT2D eigenvalue weighted by Gasteiger charge is -2.16. The van der Waals surface area contributed by atoms with Crippen LogP contribution >= 0.6 is 0 Å². The molecule has 2 aliphatic carbocycles. The van der Waals surface area contributed by atoms with Crippen molar-refractivity contribution in [1.82, 2.24) is 4.72 Å². The highest BCUT2D eigenvalue weighted by Gasteiger charge is 2.25. The zero-order chi connectivity index (χ0) is 17.2. The van der Waals surface area contributed by atoms with Gasteiger partial charge in [0.1, 0.15) is 0 Å². The zero-order valence-corrected chi connectivity index (χ0v) is 14.4. The Kier molecular flexibility index (Phi) is 4.91. The van der Waals surface area contributed by atoms with Crippen LogP contribution in [0.25, 0.3) is 0 Å². The van der Waals surface area contributed by atoms with E-state index in [4.69, 9.17) is 5.73 Å². The summed E-state index contributed by atoms with van der Waals surface area (Å²) in [6.45, 7) is 0.362. The Morgan fingerprint density at radius 3 is 2.33 bits per heavy atom. The lowest BCUT2D eigenvalue weighted by atomic mass is 9.99. The highest BCUT2D eigenvalue weighted by atomic mass is 32.2. The van der Waals surface area contributed by atoms with Crippen LogP contribution in [0.3, 0.4) is 0 Å². The number of carbonyl (C=O) groups is 1. The van der Waals surface area contributed by atoms with E-state index in [9.17, 15) is 13.2 Å². The Balaban J connectivity index is 1.78. The number of amides is 2. The van der Waals surface area contributed by atoms with Gasteiger partial charge in [-0.15, -0.1) is 0 Å². The van der Waals surface area contributed by atoms with E-state index in [0.29, 0.717) is 13.0 Å². The maximum absolute atomic E-state index is 12.2. The van der Waals surface area contributed by atoms with Crippen molar-refractivity contribution < 1.29 is 13.2 Å². The maximum Gasteiger partial charge on any atom is 0.333 e. The number of urea groups is 1. The Morgan fingerprint density at radius 2 is 1.75 bits per heavy atom. The van der Waals surface area contributed by atoms with Gasteiger partial charge in [-0.1, -0.05) is 12.1 Å². The molecule has 0 heterocycles. The fraction of sp³-hybridized carbons (Fsp3) is 0.471. The van der Waals surface area contributed by atoms with Crippen molar-refractivity contribution in [3.05, 3.63) is 39.8 Å². The van der Waals surface area contributed by atoms with Crippen molar-refractivity contribution in [2.24, 2.45) is 5.73 Å². The van der Waals surface area contributed by atoms with E-state index < -0.39 is 16.1 Å². The SMILES string of the molecule is NCC/C=C/S(=O)(=O)NC(=O)Nc1c2c(cc3c1CCC3)CCC2. The molecule has 0 fully saturated rings. The summed E-state index contributed by atoms with van der Waals surface area (Å²) < 4.78 is 25.8. The van der Waals surface area contributed by atoms with Crippen LogP contribution in [0.15, 0.2) is 17.6 Å². The van der Waals surface area contributed by atoms with Crippen LogP contribution in [0.4, 0.5) is 10.5 Å². The number of hydrogen-bond donors (Lipinski definition) is 3. The first-order valence-electron chi connectivity index (χ1n) is 8.37. The van der Waals surface area contributed by atoms with E-state index >= 15 is 0 Å². The van der Waals surface area contributed by atoms with E-state index in [2.05, 4.69) is 11.4 Å². The summed E-state index contributed by atoms with van der Waals surface area (Å²) in [6.07, 6.45) is 7.96. The number of nitrogens with one attached hydrogen (secondary N) is 2. The molecule has 24 heavy (non-hydrogen) atoms. The average molecular weight is 349 g/mol. The van der Waals surface area contributed by atoms with Gasteiger partial charge in [-0.2, -0.15) is 0 Å². The first-order valence-corrected chi connectivity index (χ1v) is 9.91. The Bertz CT molecular complexity index is 753. The summed E-state index contributed by atoms with van der Waals surface area (Å²) in [4.78, 5) is 12.2. The molecule has 0 radical (unpaired) electrons. The molecule has 3 rings (SSSR count). The van der Waals surface area contributed by atoms with Crippen LogP contribution in [-0.4, -0.2) is 21.0 Å². The van der Waals surface area contributed by atoms with E-state index in [1.54, 1.807) is 0 Å². The van der Waals surface area contributed by atoms with E-state index in [1.165, 1.54) is 28.3 Å². The van der Waals surface area contributed by atoms with Gasteiger partial charge in [-0.05, 0) is 73.7 Å². The standard InChI is InChI=1S/C17H23N3O3S/c18-9-1-2-10-24(22,23)20-17(21)19-16-14-7-3-5-12(14)11-13-6-4-8-15(13)16/h2,10-11H,1,3-9,18H2,(H2,19,20,21)/b10-2+. The molecule has 0 atom stereocenters. The topological polar surface area (TPSA) is 101 Å². The Hall–Kier alpha value is -1.86. The number of aryl methyl sites for hydroxylation is 2. The minimum absolute atomic E-state index is 0.362. The molecular weight excluding hydrogens is 326 g/mol. The van der Waals surface area contributed by atoms with Gasteiger partial charge in [0.25, 0.3) is 10.0 Å². The third-order valence-electron chi connectivity index (χ3n) is 4.56. The number of benzene rings is 1. The largest absolute Gasteiger partial charge is 0.333 e. The van der Waals surface area contributed by atoms with Gasteiger partial charge in [-0.25, -0.2) is 17.9 Å². The summed E-state index contributed by atoms with van der Waals surface area (Å²) in [5, 5.41) is 3.79. The minimum atomic E-state index is -3.80. The normalized spacial score (nSPS) is 16.2. The molecule has 0 spiro atoms. The predicted octanol–water partition coefficient (Wildman–Crippen LogP) is 1.98. The first-order chi connectivity index (χ1) is 11.5. The van der Waals surface area contributed by atoms with Crippen molar-refractivity contribution in [2.45, 2.75) is 44.9 Å². The van der Waals surface area contributed by atoms with Gasteiger partial charge in [0, 0.05) is 11.1 Å². The van der Waals surface area contributed by atoms with Gasteiger partial charge in [-0.3, -0.25) is 0 Å². The fourth-order valence-corrected chi connectivity index (χ4v) is 4.33. The van der Waals surface area contributed by atoms with Gasteiger partial charge >= 0.3 is 6.03 Å². The second-order valence-corrected chi connectivity index (χ2v) is 7.85. The van der Waals surface area contributed by atoms with Crippen molar-refractivity contribution in [3.63, 3.8) is 0 Å². The van der Waals surface area contributed by atoms with Crippen molar-refractivity contribution >= 4 is 21.7 Å². The third-order valence-corrected chi connectivity index (χ3v) is 5.58. The fourth-order valence-electron chi connectivity index (χ4n) is 3.56. The summed E-state index contributed by atoms with van der Waals surface area (Å²) in [7, 11) is -3.80. The quantitative estimate of drug-likeness (QED) is 0.756. The number of nitrogens with two attached hydrogens (primary N) is 1. The highest BCUT2D eigenvalue weighted by molar-refractivity contribution is 7.92. The van der Waals surface area contributed by atoms with Crippen LogP contribution in [0.5, 0.6) is 0 Å². The summed E-state index contributed by atoms with van der Waals surface area (Å²) in [5.74, 6) is 0. The molecule has 0 saturated heterocycles. The van der Waals surface area contributed by atoms with Crippen molar-refractivity contribution in [2.75, 3.05) is 11.9 Å². The number of carbonyl (C=O) groups excluding carboxylic acids is 1. The molecule has 0 saturated carbocycles. The van der Waals surface area contributed by atoms with E-state index in [0.717, 1.165) is 49.6 Å². The molecule has 7 heteroatoms. The van der Waals surface area contributed by atoms with Crippen LogP contribution < -0.4 is 15.8 Å². The van der Waals surface area contributed by atoms with Crippen LogP contribution in [-0.2, 0) is 35.7 Å². The third kappa shape index (κ3) is 3.62. The number of fused-ring (bicyclic) bond motifs is 2. The molecule has 6 nitrogen and oxygen atoms in total. The lowest BCUT2D eigenvalue weighted by molar-refractivity contribution is 0.256. The average Bonchev–Trinajstić information content (AvgIpc) is 3.15. The summed E-state index contributed by atoms with van der Waals surface area (Å²) >= 11 is 0. The molecule has 2 aliphatic rings. The van der Waals surface area contributed by atoms with Gasteiger partial charge in [0.2, 0.25) is 0 Å². The van der Waals surface area contributed by atoms with Crippen molar-refractivity contribution in [3.8, 4) is 0 Å². The molecule has 1 aromatic carbocycles.